The Morgan fingerprint density at radius 3 is 2.77 bits per heavy atom. The van der Waals surface area contributed by atoms with Crippen molar-refractivity contribution < 1.29 is 4.79 Å². The SMILES string of the molecule is Cn1nc(CNC(=O)Nc2cccnc2-c2ccccc2)cc1C1CC1. The average Bonchev–Trinajstić information content (AvgIpc) is 3.44. The van der Waals surface area contributed by atoms with E-state index in [1.54, 1.807) is 6.20 Å². The quantitative estimate of drug-likeness (QED) is 0.739. The lowest BCUT2D eigenvalue weighted by atomic mass is 10.1. The maximum atomic E-state index is 12.3. The van der Waals surface area contributed by atoms with Crippen LogP contribution in [0.4, 0.5) is 10.5 Å². The number of nitrogens with zero attached hydrogens (tertiary/aromatic N) is 3. The van der Waals surface area contributed by atoms with Crippen LogP contribution >= 0.6 is 0 Å². The maximum Gasteiger partial charge on any atom is 0.319 e. The molecule has 2 heterocycles. The van der Waals surface area contributed by atoms with Crippen LogP contribution in [0.15, 0.2) is 54.7 Å². The second-order valence-electron chi connectivity index (χ2n) is 6.53. The van der Waals surface area contributed by atoms with E-state index in [0.29, 0.717) is 18.2 Å². The third kappa shape index (κ3) is 3.59. The van der Waals surface area contributed by atoms with Crippen molar-refractivity contribution in [3.05, 3.63) is 66.1 Å². The van der Waals surface area contributed by atoms with E-state index >= 15 is 0 Å². The van der Waals surface area contributed by atoms with Crippen LogP contribution in [-0.4, -0.2) is 20.8 Å². The Balaban J connectivity index is 1.42. The molecule has 0 saturated heterocycles. The highest BCUT2D eigenvalue weighted by Gasteiger charge is 2.27. The zero-order chi connectivity index (χ0) is 17.9. The molecular weight excluding hydrogens is 326 g/mol. The number of aromatic nitrogens is 3. The van der Waals surface area contributed by atoms with Crippen molar-refractivity contribution in [3.63, 3.8) is 0 Å². The van der Waals surface area contributed by atoms with Crippen molar-refractivity contribution in [2.24, 2.45) is 7.05 Å². The van der Waals surface area contributed by atoms with Crippen LogP contribution in [-0.2, 0) is 13.6 Å². The predicted octanol–water partition coefficient (Wildman–Crippen LogP) is 3.68. The van der Waals surface area contributed by atoms with Gasteiger partial charge in [-0.25, -0.2) is 4.79 Å². The molecule has 0 aliphatic heterocycles. The Bertz CT molecular complexity index is 915. The van der Waals surface area contributed by atoms with E-state index in [2.05, 4.69) is 26.8 Å². The summed E-state index contributed by atoms with van der Waals surface area (Å²) >= 11 is 0. The first-order chi connectivity index (χ1) is 12.7. The largest absolute Gasteiger partial charge is 0.332 e. The van der Waals surface area contributed by atoms with E-state index in [9.17, 15) is 4.79 Å². The Morgan fingerprint density at radius 1 is 1.19 bits per heavy atom. The van der Waals surface area contributed by atoms with Gasteiger partial charge in [0.1, 0.15) is 0 Å². The summed E-state index contributed by atoms with van der Waals surface area (Å²) in [6, 6.07) is 15.3. The highest BCUT2D eigenvalue weighted by Crippen LogP contribution is 2.39. The zero-order valence-electron chi connectivity index (χ0n) is 14.6. The molecule has 1 aliphatic rings. The number of aryl methyl sites for hydroxylation is 1. The number of benzene rings is 1. The lowest BCUT2D eigenvalue weighted by molar-refractivity contribution is 0.251. The smallest absolute Gasteiger partial charge is 0.319 e. The molecule has 3 aromatic rings. The van der Waals surface area contributed by atoms with Gasteiger partial charge in [0.25, 0.3) is 0 Å². The third-order valence-corrected chi connectivity index (χ3v) is 4.50. The number of urea groups is 1. The number of amides is 2. The summed E-state index contributed by atoms with van der Waals surface area (Å²) in [6.45, 7) is 0.396. The van der Waals surface area contributed by atoms with Gasteiger partial charge in [-0.3, -0.25) is 9.67 Å². The summed E-state index contributed by atoms with van der Waals surface area (Å²) in [5.41, 5.74) is 4.51. The second-order valence-corrected chi connectivity index (χ2v) is 6.53. The molecule has 0 atom stereocenters. The molecule has 2 N–H and O–H groups in total. The molecule has 6 nitrogen and oxygen atoms in total. The van der Waals surface area contributed by atoms with Gasteiger partial charge in [0.2, 0.25) is 0 Å². The zero-order valence-corrected chi connectivity index (χ0v) is 14.6. The molecule has 1 saturated carbocycles. The fourth-order valence-electron chi connectivity index (χ4n) is 3.06. The lowest BCUT2D eigenvalue weighted by Gasteiger charge is -2.10. The molecule has 26 heavy (non-hydrogen) atoms. The molecule has 132 valence electrons. The summed E-state index contributed by atoms with van der Waals surface area (Å²) in [5, 5.41) is 10.2. The fraction of sp³-hybridized carbons (Fsp3) is 0.250. The van der Waals surface area contributed by atoms with Crippen molar-refractivity contribution in [1.29, 1.82) is 0 Å². The Labute approximate surface area is 152 Å². The third-order valence-electron chi connectivity index (χ3n) is 4.50. The predicted molar refractivity (Wildman–Crippen MR) is 101 cm³/mol. The number of hydrogen-bond donors (Lipinski definition) is 2. The Hall–Kier alpha value is -3.15. The minimum atomic E-state index is -0.270. The van der Waals surface area contributed by atoms with Gasteiger partial charge in [-0.2, -0.15) is 5.10 Å². The van der Waals surface area contributed by atoms with Gasteiger partial charge < -0.3 is 10.6 Å². The first-order valence-corrected chi connectivity index (χ1v) is 8.79. The monoisotopic (exact) mass is 347 g/mol. The van der Waals surface area contributed by atoms with Crippen LogP contribution in [0.2, 0.25) is 0 Å². The van der Waals surface area contributed by atoms with Crippen LogP contribution in [0.25, 0.3) is 11.3 Å². The van der Waals surface area contributed by atoms with E-state index in [1.165, 1.54) is 18.5 Å². The van der Waals surface area contributed by atoms with Gasteiger partial charge in [0.05, 0.1) is 23.6 Å². The normalized spacial score (nSPS) is 13.4. The van der Waals surface area contributed by atoms with Gasteiger partial charge in [-0.05, 0) is 31.0 Å². The number of anilines is 1. The number of carbonyl (C=O) groups excluding carboxylic acids is 1. The summed E-state index contributed by atoms with van der Waals surface area (Å²) in [5.74, 6) is 0.638. The van der Waals surface area contributed by atoms with Crippen LogP contribution in [0.1, 0.15) is 30.1 Å². The number of hydrogen-bond acceptors (Lipinski definition) is 3. The molecule has 2 aromatic heterocycles. The van der Waals surface area contributed by atoms with E-state index in [4.69, 9.17) is 0 Å². The Kier molecular flexibility index (Phi) is 4.39. The summed E-state index contributed by atoms with van der Waals surface area (Å²) in [6.07, 6.45) is 4.19. The molecule has 1 aliphatic carbocycles. The molecule has 0 unspecified atom stereocenters. The highest BCUT2D eigenvalue weighted by molar-refractivity contribution is 5.93. The topological polar surface area (TPSA) is 71.8 Å². The van der Waals surface area contributed by atoms with Crippen molar-refractivity contribution in [2.45, 2.75) is 25.3 Å². The van der Waals surface area contributed by atoms with E-state index in [1.807, 2.05) is 54.2 Å². The second kappa shape index (κ2) is 7.00. The average molecular weight is 347 g/mol. The van der Waals surface area contributed by atoms with Crippen molar-refractivity contribution in [3.8, 4) is 11.3 Å². The van der Waals surface area contributed by atoms with E-state index < -0.39 is 0 Å². The van der Waals surface area contributed by atoms with Gasteiger partial charge >= 0.3 is 6.03 Å². The number of carbonyl (C=O) groups is 1. The maximum absolute atomic E-state index is 12.3. The summed E-state index contributed by atoms with van der Waals surface area (Å²) in [4.78, 5) is 16.7. The Morgan fingerprint density at radius 2 is 2.00 bits per heavy atom. The summed E-state index contributed by atoms with van der Waals surface area (Å²) < 4.78 is 1.92. The summed E-state index contributed by atoms with van der Waals surface area (Å²) in [7, 11) is 1.96. The number of pyridine rings is 1. The van der Waals surface area contributed by atoms with Gasteiger partial charge in [-0.15, -0.1) is 0 Å². The van der Waals surface area contributed by atoms with Gasteiger partial charge in [-0.1, -0.05) is 30.3 Å². The standard InChI is InChI=1S/C20H21N5O/c1-25-18(14-9-10-14)12-16(24-25)13-22-20(26)23-17-8-5-11-21-19(17)15-6-3-2-4-7-15/h2-8,11-12,14H,9-10,13H2,1H3,(H2,22,23,26). The molecule has 0 spiro atoms. The van der Waals surface area contributed by atoms with Crippen molar-refractivity contribution >= 4 is 11.7 Å². The molecule has 4 rings (SSSR count). The van der Waals surface area contributed by atoms with Crippen LogP contribution < -0.4 is 10.6 Å². The van der Waals surface area contributed by atoms with Crippen molar-refractivity contribution in [2.75, 3.05) is 5.32 Å². The van der Waals surface area contributed by atoms with Crippen LogP contribution in [0.5, 0.6) is 0 Å². The van der Waals surface area contributed by atoms with Gasteiger partial charge in [0, 0.05) is 30.4 Å². The minimum absolute atomic E-state index is 0.270. The number of nitrogens with one attached hydrogen (secondary N) is 2. The van der Waals surface area contributed by atoms with Crippen molar-refractivity contribution in [1.82, 2.24) is 20.1 Å². The molecular formula is C20H21N5O. The lowest BCUT2D eigenvalue weighted by Crippen LogP contribution is -2.28. The number of rotatable bonds is 5. The molecule has 2 amide bonds. The van der Waals surface area contributed by atoms with E-state index in [-0.39, 0.29) is 6.03 Å². The first kappa shape index (κ1) is 16.3. The molecule has 1 aromatic carbocycles. The van der Waals surface area contributed by atoms with Crippen LogP contribution in [0, 0.1) is 0 Å². The fourth-order valence-corrected chi connectivity index (χ4v) is 3.06. The molecule has 0 radical (unpaired) electrons. The molecule has 0 bridgehead atoms. The molecule has 1 fully saturated rings. The van der Waals surface area contributed by atoms with E-state index in [0.717, 1.165) is 17.0 Å². The van der Waals surface area contributed by atoms with Gasteiger partial charge in [0.15, 0.2) is 0 Å². The highest BCUT2D eigenvalue weighted by atomic mass is 16.2. The van der Waals surface area contributed by atoms with Crippen LogP contribution in [0.3, 0.4) is 0 Å². The first-order valence-electron chi connectivity index (χ1n) is 8.79. The minimum Gasteiger partial charge on any atom is -0.332 e. The molecule has 6 heteroatoms.